The highest BCUT2D eigenvalue weighted by Gasteiger charge is 2.16. The van der Waals surface area contributed by atoms with Crippen LogP contribution < -0.4 is 0 Å². The number of carbonyl (C=O) groups is 1. The van der Waals surface area contributed by atoms with Crippen LogP contribution in [0.3, 0.4) is 0 Å². The highest BCUT2D eigenvalue weighted by molar-refractivity contribution is 5.94. The molecule has 0 fully saturated rings. The molecule has 0 N–H and O–H groups in total. The predicted molar refractivity (Wildman–Crippen MR) is 94.4 cm³/mol. The van der Waals surface area contributed by atoms with E-state index in [9.17, 15) is 4.79 Å². The van der Waals surface area contributed by atoms with Gasteiger partial charge >= 0.3 is 0 Å². The average Bonchev–Trinajstić information content (AvgIpc) is 2.62. The summed E-state index contributed by atoms with van der Waals surface area (Å²) in [5.41, 5.74) is 3.26. The van der Waals surface area contributed by atoms with E-state index in [0.29, 0.717) is 23.6 Å². The zero-order chi connectivity index (χ0) is 16.9. The molecule has 0 bridgehead atoms. The van der Waals surface area contributed by atoms with Crippen molar-refractivity contribution in [2.45, 2.75) is 13.5 Å². The van der Waals surface area contributed by atoms with Crippen molar-refractivity contribution >= 4 is 5.91 Å². The zero-order valence-corrected chi connectivity index (χ0v) is 13.8. The van der Waals surface area contributed by atoms with Crippen LogP contribution in [0.2, 0.25) is 0 Å². The molecular formula is C20H19N3O. The number of amides is 1. The second-order valence-corrected chi connectivity index (χ2v) is 5.71. The van der Waals surface area contributed by atoms with Gasteiger partial charge in [-0.3, -0.25) is 4.79 Å². The van der Waals surface area contributed by atoms with Crippen molar-refractivity contribution in [3.63, 3.8) is 0 Å². The van der Waals surface area contributed by atoms with Crippen LogP contribution in [0.4, 0.5) is 0 Å². The standard InChI is InChI=1S/C20H19N3O/c1-15-18(13-21-19(22-15)17-11-7-4-8-12-17)20(24)23(2)14-16-9-5-3-6-10-16/h3-13H,14H2,1-2H3. The second-order valence-electron chi connectivity index (χ2n) is 5.71. The van der Waals surface area contributed by atoms with E-state index in [1.807, 2.05) is 67.6 Å². The van der Waals surface area contributed by atoms with Gasteiger partial charge in [0.25, 0.3) is 5.91 Å². The summed E-state index contributed by atoms with van der Waals surface area (Å²) in [6.07, 6.45) is 1.62. The minimum Gasteiger partial charge on any atom is -0.337 e. The molecule has 3 aromatic rings. The molecule has 0 saturated carbocycles. The molecule has 1 aromatic heterocycles. The maximum absolute atomic E-state index is 12.7. The van der Waals surface area contributed by atoms with Gasteiger partial charge in [-0.25, -0.2) is 9.97 Å². The third-order valence-electron chi connectivity index (χ3n) is 3.85. The number of carbonyl (C=O) groups excluding carboxylic acids is 1. The third-order valence-corrected chi connectivity index (χ3v) is 3.85. The first kappa shape index (κ1) is 15.9. The summed E-state index contributed by atoms with van der Waals surface area (Å²) in [5, 5.41) is 0. The Morgan fingerprint density at radius 3 is 2.25 bits per heavy atom. The average molecular weight is 317 g/mol. The van der Waals surface area contributed by atoms with E-state index in [4.69, 9.17) is 0 Å². The molecule has 2 aromatic carbocycles. The lowest BCUT2D eigenvalue weighted by Crippen LogP contribution is -2.27. The first-order valence-corrected chi connectivity index (χ1v) is 7.83. The Bertz CT molecular complexity index is 832. The van der Waals surface area contributed by atoms with E-state index >= 15 is 0 Å². The first-order chi connectivity index (χ1) is 11.6. The van der Waals surface area contributed by atoms with Gasteiger partial charge in [0, 0.05) is 25.4 Å². The van der Waals surface area contributed by atoms with Gasteiger partial charge in [-0.2, -0.15) is 0 Å². The molecule has 4 heteroatoms. The summed E-state index contributed by atoms with van der Waals surface area (Å²) >= 11 is 0. The lowest BCUT2D eigenvalue weighted by Gasteiger charge is -2.18. The van der Waals surface area contributed by atoms with Gasteiger partial charge in [0.2, 0.25) is 0 Å². The predicted octanol–water partition coefficient (Wildman–Crippen LogP) is 3.72. The van der Waals surface area contributed by atoms with Crippen molar-refractivity contribution < 1.29 is 4.79 Å². The van der Waals surface area contributed by atoms with Gasteiger partial charge < -0.3 is 4.90 Å². The molecule has 3 rings (SSSR count). The zero-order valence-electron chi connectivity index (χ0n) is 13.8. The highest BCUT2D eigenvalue weighted by Crippen LogP contribution is 2.17. The molecule has 0 aliphatic heterocycles. The summed E-state index contributed by atoms with van der Waals surface area (Å²) in [6.45, 7) is 2.40. The molecule has 1 amide bonds. The largest absolute Gasteiger partial charge is 0.337 e. The molecule has 1 heterocycles. The summed E-state index contributed by atoms with van der Waals surface area (Å²) < 4.78 is 0. The molecule has 4 nitrogen and oxygen atoms in total. The Balaban J connectivity index is 1.80. The van der Waals surface area contributed by atoms with Crippen molar-refractivity contribution in [2.75, 3.05) is 7.05 Å². The van der Waals surface area contributed by atoms with Gasteiger partial charge in [-0.1, -0.05) is 60.7 Å². The van der Waals surface area contributed by atoms with E-state index in [2.05, 4.69) is 9.97 Å². The van der Waals surface area contributed by atoms with Gasteiger partial charge in [0.1, 0.15) is 0 Å². The Morgan fingerprint density at radius 1 is 1.00 bits per heavy atom. The number of hydrogen-bond acceptors (Lipinski definition) is 3. The smallest absolute Gasteiger partial charge is 0.257 e. The Kier molecular flexibility index (Phi) is 4.66. The highest BCUT2D eigenvalue weighted by atomic mass is 16.2. The van der Waals surface area contributed by atoms with Crippen LogP contribution >= 0.6 is 0 Å². The summed E-state index contributed by atoms with van der Waals surface area (Å²) in [6, 6.07) is 19.7. The molecule has 0 radical (unpaired) electrons. The topological polar surface area (TPSA) is 46.1 Å². The van der Waals surface area contributed by atoms with E-state index in [0.717, 1.165) is 11.1 Å². The SMILES string of the molecule is Cc1nc(-c2ccccc2)ncc1C(=O)N(C)Cc1ccccc1. The number of rotatable bonds is 4. The fourth-order valence-corrected chi connectivity index (χ4v) is 2.54. The molecule has 0 aliphatic rings. The van der Waals surface area contributed by atoms with Crippen LogP contribution in [0.15, 0.2) is 66.9 Å². The van der Waals surface area contributed by atoms with Gasteiger partial charge in [-0.15, -0.1) is 0 Å². The maximum atomic E-state index is 12.7. The number of hydrogen-bond donors (Lipinski definition) is 0. The Morgan fingerprint density at radius 2 is 1.62 bits per heavy atom. The van der Waals surface area contributed by atoms with Crippen molar-refractivity contribution in [3.05, 3.63) is 83.7 Å². The number of benzene rings is 2. The summed E-state index contributed by atoms with van der Waals surface area (Å²) in [4.78, 5) is 23.2. The minimum absolute atomic E-state index is 0.0732. The molecule has 0 atom stereocenters. The molecule has 0 saturated heterocycles. The molecule has 0 unspecified atom stereocenters. The maximum Gasteiger partial charge on any atom is 0.257 e. The van der Waals surface area contributed by atoms with Crippen LogP contribution in [-0.4, -0.2) is 27.8 Å². The van der Waals surface area contributed by atoms with E-state index in [1.165, 1.54) is 0 Å². The first-order valence-electron chi connectivity index (χ1n) is 7.83. The van der Waals surface area contributed by atoms with Crippen molar-refractivity contribution in [1.29, 1.82) is 0 Å². The van der Waals surface area contributed by atoms with Gasteiger partial charge in [0.15, 0.2) is 5.82 Å². The lowest BCUT2D eigenvalue weighted by molar-refractivity contribution is 0.0783. The normalized spacial score (nSPS) is 10.4. The number of aryl methyl sites for hydroxylation is 1. The van der Waals surface area contributed by atoms with Gasteiger partial charge in [0.05, 0.1) is 11.3 Å². The van der Waals surface area contributed by atoms with E-state index in [-0.39, 0.29) is 5.91 Å². The Labute approximate surface area is 141 Å². The van der Waals surface area contributed by atoms with E-state index in [1.54, 1.807) is 18.1 Å². The fraction of sp³-hybridized carbons (Fsp3) is 0.150. The number of nitrogens with zero attached hydrogens (tertiary/aromatic N) is 3. The fourth-order valence-electron chi connectivity index (χ4n) is 2.54. The minimum atomic E-state index is -0.0732. The molecule has 0 aliphatic carbocycles. The summed E-state index contributed by atoms with van der Waals surface area (Å²) in [5.74, 6) is 0.561. The van der Waals surface area contributed by atoms with Crippen LogP contribution in [0.25, 0.3) is 11.4 Å². The second kappa shape index (κ2) is 7.04. The van der Waals surface area contributed by atoms with Crippen LogP contribution in [0.5, 0.6) is 0 Å². The number of aromatic nitrogens is 2. The van der Waals surface area contributed by atoms with Crippen LogP contribution in [0.1, 0.15) is 21.6 Å². The Hall–Kier alpha value is -3.01. The lowest BCUT2D eigenvalue weighted by atomic mass is 10.1. The third kappa shape index (κ3) is 3.49. The van der Waals surface area contributed by atoms with Gasteiger partial charge in [-0.05, 0) is 12.5 Å². The van der Waals surface area contributed by atoms with Crippen molar-refractivity contribution in [2.24, 2.45) is 0 Å². The van der Waals surface area contributed by atoms with Crippen molar-refractivity contribution in [1.82, 2.24) is 14.9 Å². The molecular weight excluding hydrogens is 298 g/mol. The summed E-state index contributed by atoms with van der Waals surface area (Å²) in [7, 11) is 1.79. The monoisotopic (exact) mass is 317 g/mol. The quantitative estimate of drug-likeness (QED) is 0.736. The molecule has 0 spiro atoms. The molecule has 24 heavy (non-hydrogen) atoms. The van der Waals surface area contributed by atoms with Crippen LogP contribution in [-0.2, 0) is 6.54 Å². The van der Waals surface area contributed by atoms with Crippen molar-refractivity contribution in [3.8, 4) is 11.4 Å². The van der Waals surface area contributed by atoms with Crippen LogP contribution in [0, 0.1) is 6.92 Å². The van der Waals surface area contributed by atoms with E-state index < -0.39 is 0 Å². The molecule has 120 valence electrons.